The lowest BCUT2D eigenvalue weighted by atomic mass is 9.95. The highest BCUT2D eigenvalue weighted by molar-refractivity contribution is 6.13. The van der Waals surface area contributed by atoms with Gasteiger partial charge in [-0.05, 0) is 61.8 Å². The van der Waals surface area contributed by atoms with E-state index in [4.69, 9.17) is 9.47 Å². The maximum absolute atomic E-state index is 12.6. The lowest BCUT2D eigenvalue weighted by Gasteiger charge is -2.35. The number of imide groups is 1. The number of rotatable bonds is 12. The highest BCUT2D eigenvalue weighted by atomic mass is 16.6. The van der Waals surface area contributed by atoms with Crippen LogP contribution in [0.4, 0.5) is 0 Å². The van der Waals surface area contributed by atoms with Gasteiger partial charge in [-0.15, -0.1) is 0 Å². The molecule has 0 radical (unpaired) electrons. The molecule has 0 saturated carbocycles. The van der Waals surface area contributed by atoms with Gasteiger partial charge in [-0.1, -0.05) is 0 Å². The van der Waals surface area contributed by atoms with Crippen LogP contribution in [0.1, 0.15) is 68.2 Å². The van der Waals surface area contributed by atoms with Gasteiger partial charge in [0.05, 0.1) is 17.7 Å². The summed E-state index contributed by atoms with van der Waals surface area (Å²) < 4.78 is 11.5. The van der Waals surface area contributed by atoms with E-state index in [1.807, 2.05) is 27.7 Å². The fourth-order valence-corrected chi connectivity index (χ4v) is 2.97. The summed E-state index contributed by atoms with van der Waals surface area (Å²) in [5.41, 5.74) is -2.94. The molecule has 1 aliphatic heterocycles. The number of nitrogens with zero attached hydrogens (tertiary/aromatic N) is 1. The first kappa shape index (κ1) is 26.0. The van der Waals surface area contributed by atoms with Crippen LogP contribution in [-0.4, -0.2) is 64.4 Å². The van der Waals surface area contributed by atoms with Gasteiger partial charge in [0.15, 0.2) is 6.29 Å². The van der Waals surface area contributed by atoms with Crippen LogP contribution in [-0.2, 0) is 28.7 Å². The molecule has 30 heavy (non-hydrogen) atoms. The molecule has 0 aromatic rings. The Labute approximate surface area is 179 Å². The van der Waals surface area contributed by atoms with Crippen molar-refractivity contribution in [2.75, 3.05) is 13.2 Å². The van der Waals surface area contributed by atoms with Crippen LogP contribution < -0.4 is 5.32 Å². The average Bonchev–Trinajstić information content (AvgIpc) is 2.91. The number of amides is 3. The Bertz CT molecular complexity index is 688. The van der Waals surface area contributed by atoms with Crippen LogP contribution >= 0.6 is 0 Å². The summed E-state index contributed by atoms with van der Waals surface area (Å²) in [4.78, 5) is 48.5. The van der Waals surface area contributed by atoms with Gasteiger partial charge in [-0.2, -0.15) is 0 Å². The third-order valence-corrected chi connectivity index (χ3v) is 4.78. The van der Waals surface area contributed by atoms with Gasteiger partial charge in [0.25, 0.3) is 11.8 Å². The quantitative estimate of drug-likeness (QED) is 0.380. The molecule has 1 heterocycles. The van der Waals surface area contributed by atoms with Crippen molar-refractivity contribution < 1.29 is 28.7 Å². The number of hydrogen-bond acceptors (Lipinski definition) is 6. The van der Waals surface area contributed by atoms with Crippen molar-refractivity contribution in [1.82, 2.24) is 10.2 Å². The fraction of sp³-hybridized carbons (Fsp3) is 0.727. The van der Waals surface area contributed by atoms with Gasteiger partial charge >= 0.3 is 0 Å². The second-order valence-electron chi connectivity index (χ2n) is 10.1. The molecule has 0 unspecified atom stereocenters. The molecule has 1 N–H and O–H groups in total. The zero-order valence-electron chi connectivity index (χ0n) is 19.5. The van der Waals surface area contributed by atoms with E-state index in [9.17, 15) is 19.2 Å². The third kappa shape index (κ3) is 7.99. The van der Waals surface area contributed by atoms with E-state index in [1.165, 1.54) is 12.2 Å². The molecule has 8 nitrogen and oxygen atoms in total. The molecule has 0 aromatic heterocycles. The van der Waals surface area contributed by atoms with Gasteiger partial charge in [-0.25, -0.2) is 0 Å². The minimum atomic E-state index is -0.932. The average molecular weight is 425 g/mol. The molecule has 0 fully saturated rings. The molecule has 3 amide bonds. The maximum Gasteiger partial charge on any atom is 0.254 e. The van der Waals surface area contributed by atoms with Gasteiger partial charge in [0, 0.05) is 30.7 Å². The Morgan fingerprint density at radius 3 is 2.03 bits per heavy atom. The summed E-state index contributed by atoms with van der Waals surface area (Å²) in [7, 11) is 0. The Kier molecular flexibility index (Phi) is 8.13. The number of aldehydes is 1. The maximum atomic E-state index is 12.6. The summed E-state index contributed by atoms with van der Waals surface area (Å²) in [5, 5.41) is 2.95. The van der Waals surface area contributed by atoms with E-state index in [1.54, 1.807) is 27.7 Å². The van der Waals surface area contributed by atoms with Crippen LogP contribution in [0.15, 0.2) is 12.2 Å². The number of carbonyl (C=O) groups is 4. The molecule has 170 valence electrons. The first-order valence-corrected chi connectivity index (χ1v) is 10.1. The Morgan fingerprint density at radius 1 is 1.00 bits per heavy atom. The van der Waals surface area contributed by atoms with E-state index < -0.39 is 34.1 Å². The second kappa shape index (κ2) is 9.39. The van der Waals surface area contributed by atoms with E-state index in [-0.39, 0.29) is 18.9 Å². The predicted molar refractivity (Wildman–Crippen MR) is 113 cm³/mol. The third-order valence-electron chi connectivity index (χ3n) is 4.78. The molecule has 1 rings (SSSR count). The van der Waals surface area contributed by atoms with Crippen LogP contribution in [0.5, 0.6) is 0 Å². The van der Waals surface area contributed by atoms with Crippen LogP contribution in [0.2, 0.25) is 0 Å². The summed E-state index contributed by atoms with van der Waals surface area (Å²) in [5.74, 6) is -1.08. The number of hydrogen-bond donors (Lipinski definition) is 1. The summed E-state index contributed by atoms with van der Waals surface area (Å²) in [6.07, 6.45) is 3.72. The lowest BCUT2D eigenvalue weighted by molar-refractivity contribution is -0.144. The van der Waals surface area contributed by atoms with E-state index in [0.717, 1.165) is 11.2 Å². The molecule has 0 saturated heterocycles. The fourth-order valence-electron chi connectivity index (χ4n) is 2.97. The zero-order chi connectivity index (χ0) is 23.4. The van der Waals surface area contributed by atoms with Crippen molar-refractivity contribution in [2.24, 2.45) is 0 Å². The Hall–Kier alpha value is -2.06. The summed E-state index contributed by atoms with van der Waals surface area (Å²) in [6.45, 7) is 14.9. The van der Waals surface area contributed by atoms with Crippen molar-refractivity contribution in [3.63, 3.8) is 0 Å². The van der Waals surface area contributed by atoms with Crippen molar-refractivity contribution >= 4 is 24.0 Å². The van der Waals surface area contributed by atoms with E-state index in [2.05, 4.69) is 5.32 Å². The summed E-state index contributed by atoms with van der Waals surface area (Å²) in [6, 6.07) is 0. The van der Waals surface area contributed by atoms with Gasteiger partial charge in [-0.3, -0.25) is 19.3 Å². The van der Waals surface area contributed by atoms with Crippen LogP contribution in [0.25, 0.3) is 0 Å². The second-order valence-corrected chi connectivity index (χ2v) is 10.1. The molecule has 0 aromatic carbocycles. The highest BCUT2D eigenvalue weighted by Gasteiger charge is 2.39. The lowest BCUT2D eigenvalue weighted by Crippen LogP contribution is -2.53. The molecule has 0 atom stereocenters. The molecular formula is C22H36N2O6. The molecule has 1 aliphatic rings. The van der Waals surface area contributed by atoms with Gasteiger partial charge in [0.2, 0.25) is 5.91 Å². The Balaban J connectivity index is 2.52. The molecule has 0 aliphatic carbocycles. The largest absolute Gasteiger partial charge is 0.373 e. The van der Waals surface area contributed by atoms with Crippen molar-refractivity contribution in [2.45, 2.75) is 90.5 Å². The summed E-state index contributed by atoms with van der Waals surface area (Å²) >= 11 is 0. The Morgan fingerprint density at radius 2 is 1.53 bits per heavy atom. The smallest absolute Gasteiger partial charge is 0.254 e. The highest BCUT2D eigenvalue weighted by Crippen LogP contribution is 2.24. The van der Waals surface area contributed by atoms with E-state index in [0.29, 0.717) is 13.0 Å². The zero-order valence-corrected chi connectivity index (χ0v) is 19.5. The minimum absolute atomic E-state index is 0.00341. The number of nitrogens with one attached hydrogen (secondary N) is 1. The minimum Gasteiger partial charge on any atom is -0.373 e. The van der Waals surface area contributed by atoms with Gasteiger partial charge < -0.3 is 19.6 Å². The SMILES string of the molecule is CC(C)(CCOC(C)(C)COC(C)(C)C=O)NC(=O)CC(C)(C)N1C(=O)C=CC1=O. The molecule has 8 heteroatoms. The number of ether oxygens (including phenoxy) is 2. The topological polar surface area (TPSA) is 102 Å². The van der Waals surface area contributed by atoms with Crippen molar-refractivity contribution in [1.29, 1.82) is 0 Å². The predicted octanol–water partition coefficient (Wildman–Crippen LogP) is 2.15. The number of carbonyl (C=O) groups excluding carboxylic acids is 4. The van der Waals surface area contributed by atoms with Crippen LogP contribution in [0.3, 0.4) is 0 Å². The first-order valence-electron chi connectivity index (χ1n) is 10.1. The normalized spacial score (nSPS) is 15.7. The molecule has 0 spiro atoms. The van der Waals surface area contributed by atoms with Crippen molar-refractivity contribution in [3.05, 3.63) is 12.2 Å². The van der Waals surface area contributed by atoms with Gasteiger partial charge in [0.1, 0.15) is 5.60 Å². The van der Waals surface area contributed by atoms with Crippen molar-refractivity contribution in [3.8, 4) is 0 Å². The standard InChI is InChI=1S/C22H36N2O6/c1-19(2,11-12-29-22(7,8)15-30-21(5,6)14-25)23-16(26)13-20(3,4)24-17(27)9-10-18(24)28/h9-10,14H,11-13,15H2,1-8H3,(H,23,26). The molecular weight excluding hydrogens is 388 g/mol. The van der Waals surface area contributed by atoms with Crippen LogP contribution in [0, 0.1) is 0 Å². The first-order chi connectivity index (χ1) is 13.5. The molecule has 0 bridgehead atoms. The monoisotopic (exact) mass is 424 g/mol. The van der Waals surface area contributed by atoms with E-state index >= 15 is 0 Å².